The van der Waals surface area contributed by atoms with Crippen molar-refractivity contribution >= 4 is 11.6 Å². The fraction of sp³-hybridized carbons (Fsp3) is 0.692. The summed E-state index contributed by atoms with van der Waals surface area (Å²) in [4.78, 5) is 0. The van der Waals surface area contributed by atoms with Crippen LogP contribution in [0.15, 0.2) is 23.8 Å². The average molecular weight is 229 g/mol. The topological polar surface area (TPSA) is 20.2 Å². The Bertz CT molecular complexity index is 221. The summed E-state index contributed by atoms with van der Waals surface area (Å²) >= 11 is 5.58. The highest BCUT2D eigenvalue weighted by Gasteiger charge is 2.09. The summed E-state index contributed by atoms with van der Waals surface area (Å²) in [6.07, 6.45) is 13.7. The van der Waals surface area contributed by atoms with Gasteiger partial charge in [0.25, 0.3) is 0 Å². The summed E-state index contributed by atoms with van der Waals surface area (Å²) in [5.74, 6) is 0.738. The van der Waals surface area contributed by atoms with Crippen molar-refractivity contribution in [1.82, 2.24) is 0 Å². The van der Waals surface area contributed by atoms with Gasteiger partial charge in [-0.15, -0.1) is 11.6 Å². The normalized spacial score (nSPS) is 19.2. The quantitative estimate of drug-likeness (QED) is 0.416. The van der Waals surface area contributed by atoms with Crippen LogP contribution >= 0.6 is 11.6 Å². The zero-order chi connectivity index (χ0) is 10.9. The minimum absolute atomic E-state index is 0.346. The van der Waals surface area contributed by atoms with Crippen LogP contribution in [0.4, 0.5) is 0 Å². The van der Waals surface area contributed by atoms with E-state index in [0.717, 1.165) is 38.0 Å². The molecule has 0 spiro atoms. The van der Waals surface area contributed by atoms with Gasteiger partial charge in [0.15, 0.2) is 0 Å². The van der Waals surface area contributed by atoms with Gasteiger partial charge in [0, 0.05) is 5.88 Å². The van der Waals surface area contributed by atoms with E-state index in [9.17, 15) is 5.11 Å². The molecule has 1 N–H and O–H groups in total. The van der Waals surface area contributed by atoms with Crippen LogP contribution in [-0.2, 0) is 0 Å². The number of hydrogen-bond acceptors (Lipinski definition) is 1. The summed E-state index contributed by atoms with van der Waals surface area (Å²) < 4.78 is 0. The lowest BCUT2D eigenvalue weighted by Crippen LogP contribution is -2.09. The van der Waals surface area contributed by atoms with Crippen molar-refractivity contribution in [3.05, 3.63) is 23.8 Å². The van der Waals surface area contributed by atoms with Crippen LogP contribution < -0.4 is 0 Å². The Morgan fingerprint density at radius 1 is 1.40 bits per heavy atom. The van der Waals surface area contributed by atoms with Gasteiger partial charge in [0.05, 0.1) is 6.10 Å². The van der Waals surface area contributed by atoms with Crippen LogP contribution in [0, 0.1) is 0 Å². The maximum absolute atomic E-state index is 9.85. The zero-order valence-electron chi connectivity index (χ0n) is 9.29. The second-order valence-electron chi connectivity index (χ2n) is 4.08. The summed E-state index contributed by atoms with van der Waals surface area (Å²) in [6, 6.07) is 0. The molecule has 0 amide bonds. The van der Waals surface area contributed by atoms with Crippen molar-refractivity contribution < 1.29 is 5.11 Å². The van der Waals surface area contributed by atoms with Crippen LogP contribution in [0.3, 0.4) is 0 Å². The monoisotopic (exact) mass is 228 g/mol. The molecule has 15 heavy (non-hydrogen) atoms. The molecule has 0 aromatic carbocycles. The number of allylic oxidation sites excluding steroid dienone is 2. The van der Waals surface area contributed by atoms with Crippen molar-refractivity contribution in [2.45, 2.75) is 51.0 Å². The third-order valence-electron chi connectivity index (χ3n) is 2.78. The lowest BCUT2D eigenvalue weighted by Gasteiger charge is -2.15. The Hall–Kier alpha value is -0.270. The highest BCUT2D eigenvalue weighted by atomic mass is 35.5. The molecule has 0 aromatic heterocycles. The van der Waals surface area contributed by atoms with Crippen LogP contribution in [0.1, 0.15) is 44.9 Å². The maximum atomic E-state index is 9.85. The van der Waals surface area contributed by atoms with Crippen molar-refractivity contribution in [2.24, 2.45) is 0 Å². The number of aliphatic hydroxyl groups excluding tert-OH is 1. The lowest BCUT2D eigenvalue weighted by molar-refractivity contribution is 0.251. The van der Waals surface area contributed by atoms with E-state index in [-0.39, 0.29) is 6.10 Å². The fourth-order valence-corrected chi connectivity index (χ4v) is 2.03. The summed E-state index contributed by atoms with van der Waals surface area (Å²) in [5.41, 5.74) is 1.20. The number of hydrogen-bond donors (Lipinski definition) is 1. The lowest BCUT2D eigenvalue weighted by atomic mass is 9.95. The van der Waals surface area contributed by atoms with Crippen LogP contribution in [0.25, 0.3) is 0 Å². The first-order valence-electron chi connectivity index (χ1n) is 5.94. The molecule has 2 heteroatoms. The Morgan fingerprint density at radius 2 is 2.27 bits per heavy atom. The summed E-state index contributed by atoms with van der Waals surface area (Å²) in [5, 5.41) is 9.85. The van der Waals surface area contributed by atoms with Gasteiger partial charge < -0.3 is 5.11 Å². The van der Waals surface area contributed by atoms with E-state index in [1.54, 1.807) is 0 Å². The highest BCUT2D eigenvalue weighted by Crippen LogP contribution is 2.20. The molecule has 0 saturated carbocycles. The van der Waals surface area contributed by atoms with Gasteiger partial charge in [-0.3, -0.25) is 0 Å². The van der Waals surface area contributed by atoms with Crippen molar-refractivity contribution in [2.75, 3.05) is 5.88 Å². The van der Waals surface area contributed by atoms with Crippen molar-refractivity contribution in [3.63, 3.8) is 0 Å². The van der Waals surface area contributed by atoms with Gasteiger partial charge >= 0.3 is 0 Å². The van der Waals surface area contributed by atoms with E-state index >= 15 is 0 Å². The molecule has 0 bridgehead atoms. The highest BCUT2D eigenvalue weighted by molar-refractivity contribution is 6.17. The third kappa shape index (κ3) is 5.39. The van der Waals surface area contributed by atoms with Crippen LogP contribution in [0.5, 0.6) is 0 Å². The van der Waals surface area contributed by atoms with Crippen molar-refractivity contribution in [1.29, 1.82) is 0 Å². The Morgan fingerprint density at radius 3 is 2.93 bits per heavy atom. The molecule has 1 unspecified atom stereocenters. The number of rotatable bonds is 6. The minimum Gasteiger partial charge on any atom is -0.385 e. The molecule has 0 radical (unpaired) electrons. The first kappa shape index (κ1) is 12.8. The molecule has 1 nitrogen and oxygen atoms in total. The zero-order valence-corrected chi connectivity index (χ0v) is 10.0. The number of unbranched alkanes of at least 4 members (excludes halogenated alkanes) is 2. The molecule has 0 fully saturated rings. The summed E-state index contributed by atoms with van der Waals surface area (Å²) in [7, 11) is 0. The Labute approximate surface area is 97.8 Å². The number of alkyl halides is 1. The molecular weight excluding hydrogens is 208 g/mol. The van der Waals surface area contributed by atoms with E-state index in [1.807, 2.05) is 6.08 Å². The van der Waals surface area contributed by atoms with Crippen LogP contribution in [-0.4, -0.2) is 17.1 Å². The number of aliphatic hydroxyl groups is 1. The number of halogens is 1. The largest absolute Gasteiger partial charge is 0.385 e. The third-order valence-corrected chi connectivity index (χ3v) is 3.05. The molecule has 1 aliphatic carbocycles. The predicted octanol–water partition coefficient (Wildman–Crippen LogP) is 3.81. The predicted molar refractivity (Wildman–Crippen MR) is 66.3 cm³/mol. The minimum atomic E-state index is -0.346. The van der Waals surface area contributed by atoms with Gasteiger partial charge in [-0.2, -0.15) is 0 Å². The van der Waals surface area contributed by atoms with E-state index in [0.29, 0.717) is 0 Å². The second kappa shape index (κ2) is 7.95. The van der Waals surface area contributed by atoms with Crippen molar-refractivity contribution in [3.8, 4) is 0 Å². The van der Waals surface area contributed by atoms with Gasteiger partial charge in [0.2, 0.25) is 0 Å². The fourth-order valence-electron chi connectivity index (χ4n) is 1.84. The first-order chi connectivity index (χ1) is 7.34. The van der Waals surface area contributed by atoms with Gasteiger partial charge in [-0.05, 0) is 50.5 Å². The Balaban J connectivity index is 2.21. The average Bonchev–Trinajstić information content (AvgIpc) is 2.30. The maximum Gasteiger partial charge on any atom is 0.0931 e. The van der Waals surface area contributed by atoms with Gasteiger partial charge in [-0.1, -0.05) is 18.2 Å². The van der Waals surface area contributed by atoms with E-state index in [2.05, 4.69) is 12.2 Å². The Kier molecular flexibility index (Phi) is 6.78. The molecular formula is C13H21ClO. The SMILES string of the molecule is OC(/C=C\CCCCCl)C1=CCCCC1. The van der Waals surface area contributed by atoms with E-state index in [1.165, 1.54) is 18.4 Å². The molecule has 1 rings (SSSR count). The molecule has 86 valence electrons. The summed E-state index contributed by atoms with van der Waals surface area (Å²) in [6.45, 7) is 0. The smallest absolute Gasteiger partial charge is 0.0931 e. The molecule has 1 aliphatic rings. The molecule has 1 atom stereocenters. The standard InChI is InChI=1S/C13H21ClO/c14-11-7-2-1-6-10-13(15)12-8-4-3-5-9-12/h6,8,10,13,15H,1-5,7,9,11H2/b10-6-. The van der Waals surface area contributed by atoms with Crippen LogP contribution in [0.2, 0.25) is 0 Å². The molecule has 0 aliphatic heterocycles. The first-order valence-corrected chi connectivity index (χ1v) is 6.47. The molecule has 0 heterocycles. The van der Waals surface area contributed by atoms with E-state index in [4.69, 9.17) is 11.6 Å². The molecule has 0 aromatic rings. The second-order valence-corrected chi connectivity index (χ2v) is 4.46. The van der Waals surface area contributed by atoms with Gasteiger partial charge in [-0.25, -0.2) is 0 Å². The van der Waals surface area contributed by atoms with E-state index < -0.39 is 0 Å². The van der Waals surface area contributed by atoms with Gasteiger partial charge in [0.1, 0.15) is 0 Å². The molecule has 0 saturated heterocycles.